The molecule has 0 fully saturated rings. The number of aliphatic hydroxyl groups is 2. The molecule has 0 rings (SSSR count). The van der Waals surface area contributed by atoms with Gasteiger partial charge in [-0.25, -0.2) is 0 Å². The first kappa shape index (κ1) is 10.2. The van der Waals surface area contributed by atoms with E-state index in [1.54, 1.807) is 6.92 Å². The molecule has 0 aliphatic rings. The van der Waals surface area contributed by atoms with Crippen LogP contribution in [0, 0.1) is 18.3 Å². The normalized spacial score (nSPS) is 18.0. The zero-order valence-corrected chi connectivity index (χ0v) is 6.70. The van der Waals surface area contributed by atoms with Crippen molar-refractivity contribution in [3.63, 3.8) is 0 Å². The summed E-state index contributed by atoms with van der Waals surface area (Å²) in [5.41, 5.74) is 0. The van der Waals surface area contributed by atoms with Crippen molar-refractivity contribution < 1.29 is 10.2 Å². The second kappa shape index (κ2) is 4.95. The first-order valence-electron chi connectivity index (χ1n) is 3.55. The van der Waals surface area contributed by atoms with Gasteiger partial charge < -0.3 is 10.2 Å². The van der Waals surface area contributed by atoms with E-state index in [1.165, 1.54) is 6.08 Å². The van der Waals surface area contributed by atoms with Gasteiger partial charge in [0, 0.05) is 12.3 Å². The Balaban J connectivity index is 3.91. The molecule has 0 aliphatic carbocycles. The molecule has 0 saturated carbocycles. The Kier molecular flexibility index (Phi) is 4.60. The Morgan fingerprint density at radius 2 is 2.18 bits per heavy atom. The number of aliphatic hydroxyl groups excluding tert-OH is 2. The van der Waals surface area contributed by atoms with Crippen LogP contribution in [-0.4, -0.2) is 22.4 Å². The van der Waals surface area contributed by atoms with E-state index >= 15 is 0 Å². The van der Waals surface area contributed by atoms with Crippen LogP contribution in [0.5, 0.6) is 0 Å². The van der Waals surface area contributed by atoms with Crippen LogP contribution in [0.4, 0.5) is 0 Å². The van der Waals surface area contributed by atoms with Crippen molar-refractivity contribution in [1.82, 2.24) is 0 Å². The van der Waals surface area contributed by atoms with E-state index in [2.05, 4.69) is 12.5 Å². The van der Waals surface area contributed by atoms with E-state index in [1.807, 2.05) is 0 Å². The average Bonchev–Trinajstić information content (AvgIpc) is 2.02. The van der Waals surface area contributed by atoms with Crippen molar-refractivity contribution in [2.45, 2.75) is 25.6 Å². The first-order valence-corrected chi connectivity index (χ1v) is 3.55. The van der Waals surface area contributed by atoms with Crippen molar-refractivity contribution in [1.29, 1.82) is 0 Å². The zero-order chi connectivity index (χ0) is 8.85. The van der Waals surface area contributed by atoms with Crippen LogP contribution in [0.3, 0.4) is 0 Å². The molecule has 0 aliphatic heterocycles. The predicted molar refractivity (Wildman–Crippen MR) is 44.8 cm³/mol. The monoisotopic (exact) mass is 154 g/mol. The third-order valence-corrected chi connectivity index (χ3v) is 1.71. The molecule has 0 spiro atoms. The fourth-order valence-electron chi connectivity index (χ4n) is 0.749. The maximum atomic E-state index is 9.27. The van der Waals surface area contributed by atoms with E-state index in [0.717, 1.165) is 0 Å². The van der Waals surface area contributed by atoms with Crippen molar-refractivity contribution >= 4 is 0 Å². The van der Waals surface area contributed by atoms with Crippen molar-refractivity contribution in [2.75, 3.05) is 0 Å². The molecular formula is C9H14O2. The Bertz CT molecular complexity index is 157. The minimum atomic E-state index is -0.682. The van der Waals surface area contributed by atoms with Gasteiger partial charge in [-0.1, -0.05) is 13.0 Å². The van der Waals surface area contributed by atoms with Gasteiger partial charge >= 0.3 is 0 Å². The van der Waals surface area contributed by atoms with Crippen LogP contribution in [0.2, 0.25) is 0 Å². The Hall–Kier alpha value is -0.780. The molecule has 2 nitrogen and oxygen atoms in total. The highest BCUT2D eigenvalue weighted by atomic mass is 16.3. The van der Waals surface area contributed by atoms with Crippen molar-refractivity contribution in [3.8, 4) is 12.3 Å². The highest BCUT2D eigenvalue weighted by molar-refractivity contribution is 4.92. The molecule has 0 aromatic rings. The molecule has 0 amide bonds. The second-order valence-corrected chi connectivity index (χ2v) is 2.56. The van der Waals surface area contributed by atoms with E-state index in [-0.39, 0.29) is 12.3 Å². The lowest BCUT2D eigenvalue weighted by atomic mass is 9.96. The second-order valence-electron chi connectivity index (χ2n) is 2.56. The summed E-state index contributed by atoms with van der Waals surface area (Å²) in [6, 6.07) is 0. The summed E-state index contributed by atoms with van der Waals surface area (Å²) in [5, 5.41) is 18.4. The van der Waals surface area contributed by atoms with Crippen LogP contribution in [0.15, 0.2) is 12.7 Å². The zero-order valence-electron chi connectivity index (χ0n) is 6.70. The van der Waals surface area contributed by atoms with Gasteiger partial charge in [-0.05, 0) is 0 Å². The van der Waals surface area contributed by atoms with Crippen LogP contribution in [0.25, 0.3) is 0 Å². The minimum absolute atomic E-state index is 0.247. The molecule has 62 valence electrons. The molecule has 0 unspecified atom stereocenters. The largest absolute Gasteiger partial charge is 0.392 e. The summed E-state index contributed by atoms with van der Waals surface area (Å²) in [5.74, 6) is 2.09. The topological polar surface area (TPSA) is 40.5 Å². The lowest BCUT2D eigenvalue weighted by Crippen LogP contribution is -2.27. The van der Waals surface area contributed by atoms with Crippen LogP contribution in [0.1, 0.15) is 13.3 Å². The SMILES string of the molecule is C#CC[C@H](O)[C@@H](C)[C@H](O)C=C. The molecule has 0 saturated heterocycles. The lowest BCUT2D eigenvalue weighted by Gasteiger charge is -2.19. The number of rotatable bonds is 4. The van der Waals surface area contributed by atoms with E-state index in [0.29, 0.717) is 0 Å². The quantitative estimate of drug-likeness (QED) is 0.458. The van der Waals surface area contributed by atoms with Gasteiger partial charge in [0.15, 0.2) is 0 Å². The summed E-state index contributed by atoms with van der Waals surface area (Å²) < 4.78 is 0. The van der Waals surface area contributed by atoms with Gasteiger partial charge in [0.25, 0.3) is 0 Å². The van der Waals surface area contributed by atoms with E-state index < -0.39 is 12.2 Å². The third-order valence-electron chi connectivity index (χ3n) is 1.71. The first-order chi connectivity index (χ1) is 5.13. The van der Waals surface area contributed by atoms with Crippen molar-refractivity contribution in [3.05, 3.63) is 12.7 Å². The van der Waals surface area contributed by atoms with Crippen molar-refractivity contribution in [2.24, 2.45) is 5.92 Å². The predicted octanol–water partition coefficient (Wildman–Crippen LogP) is 0.554. The van der Waals surface area contributed by atoms with Gasteiger partial charge in [0.1, 0.15) is 0 Å². The van der Waals surface area contributed by atoms with Gasteiger partial charge in [-0.2, -0.15) is 0 Å². The highest BCUT2D eigenvalue weighted by Gasteiger charge is 2.18. The van der Waals surface area contributed by atoms with Gasteiger partial charge in [-0.3, -0.25) is 0 Å². The van der Waals surface area contributed by atoms with Crippen LogP contribution in [-0.2, 0) is 0 Å². The maximum absolute atomic E-state index is 9.27. The molecule has 11 heavy (non-hydrogen) atoms. The number of terminal acetylenes is 1. The van der Waals surface area contributed by atoms with Gasteiger partial charge in [0.2, 0.25) is 0 Å². The standard InChI is InChI=1S/C9H14O2/c1-4-6-9(11)7(3)8(10)5-2/h1,5,7-11H,2,6H2,3H3/t7-,8+,9-/m0/s1. The average molecular weight is 154 g/mol. The number of hydrogen-bond donors (Lipinski definition) is 2. The molecule has 0 radical (unpaired) electrons. The minimum Gasteiger partial charge on any atom is -0.392 e. The smallest absolute Gasteiger partial charge is 0.0768 e. The van der Waals surface area contributed by atoms with E-state index in [4.69, 9.17) is 6.42 Å². The van der Waals surface area contributed by atoms with Gasteiger partial charge in [-0.15, -0.1) is 18.9 Å². The Morgan fingerprint density at radius 3 is 2.55 bits per heavy atom. The molecule has 0 aromatic carbocycles. The maximum Gasteiger partial charge on any atom is 0.0768 e. The summed E-state index contributed by atoms with van der Waals surface area (Å²) in [4.78, 5) is 0. The van der Waals surface area contributed by atoms with Crippen LogP contribution >= 0.6 is 0 Å². The van der Waals surface area contributed by atoms with Crippen LogP contribution < -0.4 is 0 Å². The summed E-state index contributed by atoms with van der Waals surface area (Å²) in [6.07, 6.45) is 5.33. The third kappa shape index (κ3) is 3.22. The Labute approximate surface area is 67.6 Å². The fraction of sp³-hybridized carbons (Fsp3) is 0.556. The summed E-state index contributed by atoms with van der Waals surface area (Å²) in [7, 11) is 0. The summed E-state index contributed by atoms with van der Waals surface area (Å²) >= 11 is 0. The fourth-order valence-corrected chi connectivity index (χ4v) is 0.749. The molecule has 0 aromatic heterocycles. The molecule has 0 heterocycles. The highest BCUT2D eigenvalue weighted by Crippen LogP contribution is 2.11. The molecule has 0 bridgehead atoms. The molecule has 3 atom stereocenters. The molecule has 2 N–H and O–H groups in total. The van der Waals surface area contributed by atoms with E-state index in [9.17, 15) is 10.2 Å². The molecular weight excluding hydrogens is 140 g/mol. The Morgan fingerprint density at radius 1 is 1.64 bits per heavy atom. The number of hydrogen-bond acceptors (Lipinski definition) is 2. The summed E-state index contributed by atoms with van der Waals surface area (Å²) in [6.45, 7) is 5.14. The molecule has 2 heteroatoms. The van der Waals surface area contributed by atoms with Gasteiger partial charge in [0.05, 0.1) is 12.2 Å². The lowest BCUT2D eigenvalue weighted by molar-refractivity contribution is 0.0485.